The van der Waals surface area contributed by atoms with Crippen molar-refractivity contribution in [3.8, 4) is 5.69 Å². The largest absolute Gasteiger partial charge is 0.378 e. The lowest BCUT2D eigenvalue weighted by molar-refractivity contribution is 0.636. The minimum Gasteiger partial charge on any atom is -0.378 e. The molecule has 0 aliphatic heterocycles. The molecule has 1 atom stereocenters. The highest BCUT2D eigenvalue weighted by Crippen LogP contribution is 2.24. The van der Waals surface area contributed by atoms with E-state index < -0.39 is 5.82 Å². The molecule has 2 aromatic heterocycles. The van der Waals surface area contributed by atoms with Gasteiger partial charge in [0.2, 0.25) is 0 Å². The molecule has 1 unspecified atom stereocenters. The Kier molecular flexibility index (Phi) is 4.41. The topological polar surface area (TPSA) is 62.7 Å². The van der Waals surface area contributed by atoms with Gasteiger partial charge in [0.25, 0.3) is 5.56 Å². The number of aromatic amines is 1. The lowest BCUT2D eigenvalue weighted by Gasteiger charge is -2.16. The van der Waals surface area contributed by atoms with Crippen molar-refractivity contribution >= 4 is 28.2 Å². The van der Waals surface area contributed by atoms with Crippen LogP contribution in [-0.4, -0.2) is 14.5 Å². The lowest BCUT2D eigenvalue weighted by atomic mass is 10.1. The van der Waals surface area contributed by atoms with Crippen LogP contribution in [-0.2, 0) is 0 Å². The van der Waals surface area contributed by atoms with Crippen molar-refractivity contribution in [3.05, 3.63) is 87.9 Å². The van der Waals surface area contributed by atoms with Crippen molar-refractivity contribution in [2.24, 2.45) is 0 Å². The van der Waals surface area contributed by atoms with Crippen molar-refractivity contribution in [3.63, 3.8) is 0 Å². The molecule has 0 saturated heterocycles. The van der Waals surface area contributed by atoms with Crippen molar-refractivity contribution in [1.29, 1.82) is 0 Å². The highest BCUT2D eigenvalue weighted by molar-refractivity contribution is 6.31. The second-order valence-electron chi connectivity index (χ2n) is 6.29. The van der Waals surface area contributed by atoms with E-state index in [1.54, 1.807) is 24.7 Å². The highest BCUT2D eigenvalue weighted by atomic mass is 35.5. The third-order valence-electron chi connectivity index (χ3n) is 4.40. The van der Waals surface area contributed by atoms with Crippen LogP contribution < -0.4 is 10.9 Å². The summed E-state index contributed by atoms with van der Waals surface area (Å²) in [7, 11) is 0. The summed E-state index contributed by atoms with van der Waals surface area (Å²) in [6, 6.07) is 12.0. The zero-order valence-electron chi connectivity index (χ0n) is 14.4. The van der Waals surface area contributed by atoms with Gasteiger partial charge in [0, 0.05) is 39.7 Å². The summed E-state index contributed by atoms with van der Waals surface area (Å²) < 4.78 is 15.9. The van der Waals surface area contributed by atoms with Crippen LogP contribution in [0.5, 0.6) is 0 Å². The predicted octanol–water partition coefficient (Wildman–Crippen LogP) is 4.68. The molecule has 0 bridgehead atoms. The van der Waals surface area contributed by atoms with E-state index >= 15 is 0 Å². The first-order valence-electron chi connectivity index (χ1n) is 8.38. The molecular formula is C20H16ClFN4O. The molecule has 7 heteroatoms. The summed E-state index contributed by atoms with van der Waals surface area (Å²) in [4.78, 5) is 19.1. The molecule has 5 nitrogen and oxygen atoms in total. The van der Waals surface area contributed by atoms with Crippen molar-refractivity contribution in [2.45, 2.75) is 13.0 Å². The first-order valence-corrected chi connectivity index (χ1v) is 8.76. The molecule has 0 aliphatic rings. The Labute approximate surface area is 159 Å². The molecule has 0 spiro atoms. The molecule has 0 fully saturated rings. The van der Waals surface area contributed by atoms with E-state index in [4.69, 9.17) is 11.6 Å². The van der Waals surface area contributed by atoms with E-state index in [0.29, 0.717) is 10.9 Å². The van der Waals surface area contributed by atoms with Crippen LogP contribution >= 0.6 is 11.6 Å². The fourth-order valence-electron chi connectivity index (χ4n) is 3.08. The normalized spacial score (nSPS) is 12.3. The zero-order chi connectivity index (χ0) is 19.0. The lowest BCUT2D eigenvalue weighted by Crippen LogP contribution is -2.19. The highest BCUT2D eigenvalue weighted by Gasteiger charge is 2.14. The number of hydrogen-bond acceptors (Lipinski definition) is 3. The summed E-state index contributed by atoms with van der Waals surface area (Å²) >= 11 is 5.94. The minimum atomic E-state index is -0.546. The zero-order valence-corrected chi connectivity index (χ0v) is 15.2. The van der Waals surface area contributed by atoms with Gasteiger partial charge in [-0.05, 0) is 43.3 Å². The number of nitrogens with one attached hydrogen (secondary N) is 2. The van der Waals surface area contributed by atoms with Gasteiger partial charge in [-0.25, -0.2) is 9.37 Å². The molecule has 27 heavy (non-hydrogen) atoms. The Hall–Kier alpha value is -3.12. The molecule has 2 heterocycles. The summed E-state index contributed by atoms with van der Waals surface area (Å²) in [5.74, 6) is -0.546. The molecular weight excluding hydrogens is 367 g/mol. The van der Waals surface area contributed by atoms with Crippen molar-refractivity contribution in [2.75, 3.05) is 5.32 Å². The molecule has 2 aromatic carbocycles. The number of nitrogens with zero attached hydrogens (tertiary/aromatic N) is 2. The van der Waals surface area contributed by atoms with E-state index in [1.165, 1.54) is 6.07 Å². The van der Waals surface area contributed by atoms with Crippen LogP contribution in [0.3, 0.4) is 0 Å². The van der Waals surface area contributed by atoms with Gasteiger partial charge >= 0.3 is 0 Å². The molecule has 4 aromatic rings. The molecule has 2 N–H and O–H groups in total. The van der Waals surface area contributed by atoms with E-state index in [9.17, 15) is 9.18 Å². The van der Waals surface area contributed by atoms with Crippen LogP contribution in [0.15, 0.2) is 66.0 Å². The minimum absolute atomic E-state index is 0.155. The SMILES string of the molecule is CC(Nc1cccc(-n2ccnc2)c1)c1cc2cc(Cl)cc(F)c2[nH]c1=O. The van der Waals surface area contributed by atoms with Crippen molar-refractivity contribution in [1.82, 2.24) is 14.5 Å². The third-order valence-corrected chi connectivity index (χ3v) is 4.61. The summed E-state index contributed by atoms with van der Waals surface area (Å²) in [5.41, 5.74) is 2.12. The van der Waals surface area contributed by atoms with Crippen molar-refractivity contribution < 1.29 is 4.39 Å². The number of H-pyrrole nitrogens is 1. The van der Waals surface area contributed by atoms with Gasteiger partial charge in [-0.3, -0.25) is 4.79 Å². The summed E-state index contributed by atoms with van der Waals surface area (Å²) in [6.45, 7) is 1.88. The summed E-state index contributed by atoms with van der Waals surface area (Å²) in [6.07, 6.45) is 5.28. The Bertz CT molecular complexity index is 1170. The molecule has 4 rings (SSSR count). The number of rotatable bonds is 4. The van der Waals surface area contributed by atoms with Gasteiger partial charge in [0.05, 0.1) is 17.9 Å². The van der Waals surface area contributed by atoms with Crippen LogP contribution in [0, 0.1) is 5.82 Å². The Morgan fingerprint density at radius 2 is 2.11 bits per heavy atom. The standard InChI is InChI=1S/C20H16ClFN4O/c1-12(24-15-3-2-4-16(10-15)26-6-5-23-11-26)17-8-13-7-14(21)9-18(22)19(13)25-20(17)27/h2-12,24H,1H3,(H,25,27). The number of benzene rings is 2. The van der Waals surface area contributed by atoms with Crippen LogP contribution in [0.4, 0.5) is 10.1 Å². The van der Waals surface area contributed by atoms with Gasteiger partial charge < -0.3 is 14.9 Å². The Morgan fingerprint density at radius 1 is 1.26 bits per heavy atom. The van der Waals surface area contributed by atoms with E-state index in [-0.39, 0.29) is 22.1 Å². The number of pyridine rings is 1. The number of fused-ring (bicyclic) bond motifs is 1. The van der Waals surface area contributed by atoms with E-state index in [1.807, 2.05) is 42.0 Å². The Morgan fingerprint density at radius 3 is 2.89 bits per heavy atom. The second-order valence-corrected chi connectivity index (χ2v) is 6.73. The number of anilines is 1. The monoisotopic (exact) mass is 382 g/mol. The maximum Gasteiger partial charge on any atom is 0.253 e. The Balaban J connectivity index is 1.67. The smallest absolute Gasteiger partial charge is 0.253 e. The number of halogens is 2. The first kappa shape index (κ1) is 17.3. The first-order chi connectivity index (χ1) is 13.0. The van der Waals surface area contributed by atoms with Gasteiger partial charge in [0.1, 0.15) is 5.82 Å². The van der Waals surface area contributed by atoms with Gasteiger partial charge in [0.15, 0.2) is 0 Å². The predicted molar refractivity (Wildman–Crippen MR) is 105 cm³/mol. The second kappa shape index (κ2) is 6.89. The van der Waals surface area contributed by atoms with E-state index in [0.717, 1.165) is 11.4 Å². The molecule has 136 valence electrons. The average Bonchev–Trinajstić information content (AvgIpc) is 3.17. The van der Waals surface area contributed by atoms with Gasteiger partial charge in [-0.2, -0.15) is 0 Å². The van der Waals surface area contributed by atoms with Gasteiger partial charge in [-0.1, -0.05) is 17.7 Å². The van der Waals surface area contributed by atoms with Crippen LogP contribution in [0.1, 0.15) is 18.5 Å². The van der Waals surface area contributed by atoms with E-state index in [2.05, 4.69) is 15.3 Å². The maximum atomic E-state index is 14.0. The average molecular weight is 383 g/mol. The number of imidazole rings is 1. The fourth-order valence-corrected chi connectivity index (χ4v) is 3.29. The van der Waals surface area contributed by atoms with Crippen LogP contribution in [0.2, 0.25) is 5.02 Å². The third kappa shape index (κ3) is 3.44. The molecule has 0 saturated carbocycles. The maximum absolute atomic E-state index is 14.0. The number of aromatic nitrogens is 3. The van der Waals surface area contributed by atoms with Gasteiger partial charge in [-0.15, -0.1) is 0 Å². The molecule has 0 amide bonds. The fraction of sp³-hybridized carbons (Fsp3) is 0.100. The molecule has 0 radical (unpaired) electrons. The molecule has 0 aliphatic carbocycles. The van der Waals surface area contributed by atoms with Crippen LogP contribution in [0.25, 0.3) is 16.6 Å². The number of hydrogen-bond donors (Lipinski definition) is 2. The summed E-state index contributed by atoms with van der Waals surface area (Å²) in [5, 5.41) is 4.15. The quantitative estimate of drug-likeness (QED) is 0.538.